The number of aromatic nitrogens is 3. The van der Waals surface area contributed by atoms with Gasteiger partial charge in [0.25, 0.3) is 0 Å². The van der Waals surface area contributed by atoms with Gasteiger partial charge in [0, 0.05) is 13.1 Å². The van der Waals surface area contributed by atoms with E-state index in [0.717, 1.165) is 37.4 Å². The van der Waals surface area contributed by atoms with Gasteiger partial charge in [0.15, 0.2) is 0 Å². The Kier molecular flexibility index (Phi) is 3.48. The van der Waals surface area contributed by atoms with E-state index in [1.807, 2.05) is 35.9 Å². The van der Waals surface area contributed by atoms with Gasteiger partial charge in [0.2, 0.25) is 4.77 Å². The molecule has 0 amide bonds. The fraction of sp³-hybridized carbons (Fsp3) is 0.429. The smallest absolute Gasteiger partial charge is 0.349 e. The summed E-state index contributed by atoms with van der Waals surface area (Å²) in [6.45, 7) is 4.13. The largest absolute Gasteiger partial charge is 0.494 e. The summed E-state index contributed by atoms with van der Waals surface area (Å²) in [6, 6.07) is 7.46. The zero-order chi connectivity index (χ0) is 14.1. The van der Waals surface area contributed by atoms with Crippen LogP contribution in [0.3, 0.4) is 0 Å². The molecule has 0 saturated carbocycles. The second-order valence-corrected chi connectivity index (χ2v) is 5.15. The molecule has 0 unspecified atom stereocenters. The average molecular weight is 291 g/mol. The van der Waals surface area contributed by atoms with Crippen LogP contribution in [0.15, 0.2) is 29.1 Å². The lowest BCUT2D eigenvalue weighted by molar-refractivity contribution is 0.340. The van der Waals surface area contributed by atoms with E-state index < -0.39 is 0 Å². The molecule has 3 rings (SSSR count). The topological polar surface area (TPSA) is 41.1 Å². The highest BCUT2D eigenvalue weighted by Crippen LogP contribution is 2.16. The molecule has 0 fully saturated rings. The molecule has 0 saturated heterocycles. The van der Waals surface area contributed by atoms with Crippen LogP contribution in [0, 0.1) is 4.77 Å². The molecule has 1 aliphatic heterocycles. The highest BCUT2D eigenvalue weighted by molar-refractivity contribution is 7.71. The Morgan fingerprint density at radius 2 is 1.80 bits per heavy atom. The molecule has 1 aromatic carbocycles. The van der Waals surface area contributed by atoms with Crippen LogP contribution in [-0.2, 0) is 13.1 Å². The summed E-state index contributed by atoms with van der Waals surface area (Å²) in [5.41, 5.74) is 0.733. The summed E-state index contributed by atoms with van der Waals surface area (Å²) in [4.78, 5) is 12.5. The maximum Gasteiger partial charge on any atom is 0.349 e. The normalized spacial score (nSPS) is 14.1. The zero-order valence-electron chi connectivity index (χ0n) is 11.4. The number of benzene rings is 1. The molecule has 0 bridgehead atoms. The minimum Gasteiger partial charge on any atom is -0.494 e. The number of hydrogen-bond acceptors (Lipinski definition) is 3. The van der Waals surface area contributed by atoms with Crippen molar-refractivity contribution in [2.24, 2.45) is 0 Å². The molecule has 0 N–H and O–H groups in total. The molecule has 1 aliphatic rings. The van der Waals surface area contributed by atoms with Crippen LogP contribution in [0.4, 0.5) is 0 Å². The van der Waals surface area contributed by atoms with E-state index in [-0.39, 0.29) is 5.69 Å². The van der Waals surface area contributed by atoms with Crippen molar-refractivity contribution in [3.8, 4) is 11.4 Å². The SMILES string of the molecule is CCOc1ccc(-n2c(=O)n3n(c2=S)CCCC3)cc1. The molecule has 2 aromatic rings. The number of rotatable bonds is 3. The molecule has 0 atom stereocenters. The summed E-state index contributed by atoms with van der Waals surface area (Å²) in [6.07, 6.45) is 2.10. The van der Waals surface area contributed by atoms with Gasteiger partial charge in [-0.15, -0.1) is 0 Å². The van der Waals surface area contributed by atoms with Crippen molar-refractivity contribution in [2.45, 2.75) is 32.9 Å². The van der Waals surface area contributed by atoms with Gasteiger partial charge in [-0.2, -0.15) is 0 Å². The van der Waals surface area contributed by atoms with Gasteiger partial charge in [-0.05, 0) is 56.2 Å². The van der Waals surface area contributed by atoms with E-state index in [9.17, 15) is 4.79 Å². The summed E-state index contributed by atoms with van der Waals surface area (Å²) in [5, 5.41) is 0. The predicted molar refractivity (Wildman–Crippen MR) is 79.3 cm³/mol. The number of fused-ring (bicyclic) bond motifs is 1. The summed E-state index contributed by atoms with van der Waals surface area (Å²) < 4.78 is 11.2. The minimum atomic E-state index is -0.0566. The second-order valence-electron chi connectivity index (χ2n) is 4.78. The molecule has 0 aliphatic carbocycles. The highest BCUT2D eigenvalue weighted by atomic mass is 32.1. The van der Waals surface area contributed by atoms with Gasteiger partial charge in [-0.25, -0.2) is 14.0 Å². The number of hydrogen-bond donors (Lipinski definition) is 0. The Morgan fingerprint density at radius 1 is 1.15 bits per heavy atom. The van der Waals surface area contributed by atoms with Crippen molar-refractivity contribution in [3.63, 3.8) is 0 Å². The van der Waals surface area contributed by atoms with Gasteiger partial charge >= 0.3 is 5.69 Å². The Balaban J connectivity index is 2.08. The van der Waals surface area contributed by atoms with Crippen LogP contribution in [0.5, 0.6) is 5.75 Å². The highest BCUT2D eigenvalue weighted by Gasteiger charge is 2.17. The Labute approximate surface area is 122 Å². The molecule has 5 nitrogen and oxygen atoms in total. The third-order valence-corrected chi connectivity index (χ3v) is 3.90. The first-order chi connectivity index (χ1) is 9.72. The molecule has 20 heavy (non-hydrogen) atoms. The Bertz CT molecular complexity index is 687. The monoisotopic (exact) mass is 291 g/mol. The molecule has 1 aromatic heterocycles. The first-order valence-electron chi connectivity index (χ1n) is 6.88. The van der Waals surface area contributed by atoms with Crippen molar-refractivity contribution in [3.05, 3.63) is 39.5 Å². The molecular weight excluding hydrogens is 274 g/mol. The van der Waals surface area contributed by atoms with Crippen LogP contribution in [-0.4, -0.2) is 20.5 Å². The van der Waals surface area contributed by atoms with Gasteiger partial charge in [0.1, 0.15) is 5.75 Å². The Hall–Kier alpha value is -1.82. The van der Waals surface area contributed by atoms with Crippen molar-refractivity contribution in [1.82, 2.24) is 13.9 Å². The van der Waals surface area contributed by atoms with E-state index in [0.29, 0.717) is 11.4 Å². The van der Waals surface area contributed by atoms with Crippen LogP contribution >= 0.6 is 12.2 Å². The standard InChI is InChI=1S/C14H17N3O2S/c1-2-19-12-7-5-11(6-8-12)17-13(18)15-9-3-4-10-16(15)14(17)20/h5-8H,2-4,9-10H2,1H3. The molecule has 0 spiro atoms. The van der Waals surface area contributed by atoms with Crippen molar-refractivity contribution in [1.29, 1.82) is 0 Å². The van der Waals surface area contributed by atoms with Crippen LogP contribution in [0.2, 0.25) is 0 Å². The van der Waals surface area contributed by atoms with E-state index >= 15 is 0 Å². The van der Waals surface area contributed by atoms with Crippen LogP contribution in [0.1, 0.15) is 19.8 Å². The fourth-order valence-electron chi connectivity index (χ4n) is 2.55. The molecular formula is C14H17N3O2S. The maximum absolute atomic E-state index is 12.5. The third kappa shape index (κ3) is 2.10. The summed E-state index contributed by atoms with van der Waals surface area (Å²) in [5.74, 6) is 0.798. The fourth-order valence-corrected chi connectivity index (χ4v) is 2.93. The number of nitrogens with zero attached hydrogens (tertiary/aromatic N) is 3. The van der Waals surface area contributed by atoms with Gasteiger partial charge in [-0.3, -0.25) is 4.68 Å². The number of ether oxygens (including phenoxy) is 1. The van der Waals surface area contributed by atoms with E-state index in [1.165, 1.54) is 0 Å². The lowest BCUT2D eigenvalue weighted by Gasteiger charge is -2.14. The summed E-state index contributed by atoms with van der Waals surface area (Å²) >= 11 is 5.44. The molecule has 106 valence electrons. The second kappa shape index (κ2) is 5.28. The first-order valence-corrected chi connectivity index (χ1v) is 7.29. The van der Waals surface area contributed by atoms with Gasteiger partial charge in [0.05, 0.1) is 12.3 Å². The lowest BCUT2D eigenvalue weighted by atomic mass is 10.3. The van der Waals surface area contributed by atoms with Crippen molar-refractivity contribution >= 4 is 12.2 Å². The third-order valence-electron chi connectivity index (χ3n) is 3.51. The van der Waals surface area contributed by atoms with Crippen LogP contribution in [0.25, 0.3) is 5.69 Å². The molecule has 0 radical (unpaired) electrons. The lowest BCUT2D eigenvalue weighted by Crippen LogP contribution is -2.29. The Morgan fingerprint density at radius 3 is 2.40 bits per heavy atom. The average Bonchev–Trinajstić information content (AvgIpc) is 2.73. The minimum absolute atomic E-state index is 0.0566. The zero-order valence-corrected chi connectivity index (χ0v) is 12.2. The molecule has 6 heteroatoms. The maximum atomic E-state index is 12.5. The summed E-state index contributed by atoms with van der Waals surface area (Å²) in [7, 11) is 0. The van der Waals surface area contributed by atoms with Crippen molar-refractivity contribution in [2.75, 3.05) is 6.61 Å². The predicted octanol–water partition coefficient (Wildman–Crippen LogP) is 2.36. The van der Waals surface area contributed by atoms with Crippen LogP contribution < -0.4 is 10.4 Å². The van der Waals surface area contributed by atoms with Gasteiger partial charge in [-0.1, -0.05) is 0 Å². The molecule has 2 heterocycles. The first kappa shape index (κ1) is 13.2. The van der Waals surface area contributed by atoms with Gasteiger partial charge < -0.3 is 4.74 Å². The quantitative estimate of drug-likeness (QED) is 0.815. The van der Waals surface area contributed by atoms with E-state index in [2.05, 4.69) is 0 Å². The van der Waals surface area contributed by atoms with E-state index in [4.69, 9.17) is 17.0 Å². The van der Waals surface area contributed by atoms with E-state index in [1.54, 1.807) is 9.25 Å². The van der Waals surface area contributed by atoms with Crippen molar-refractivity contribution < 1.29 is 4.74 Å².